The highest BCUT2D eigenvalue weighted by Crippen LogP contribution is 2.19. The molecule has 0 aromatic carbocycles. The Hall–Kier alpha value is -1.18. The molecule has 7 heteroatoms. The van der Waals surface area contributed by atoms with Gasteiger partial charge in [-0.3, -0.25) is 15.0 Å². The largest absolute Gasteiger partial charge is 0.396 e. The molecular formula is C9H19N3O4. The average molecular weight is 233 g/mol. The van der Waals surface area contributed by atoms with Gasteiger partial charge in [0.1, 0.15) is 6.10 Å². The fraction of sp³-hybridized carbons (Fsp3) is 0.778. The van der Waals surface area contributed by atoms with Gasteiger partial charge in [-0.15, -0.1) is 0 Å². The molecule has 0 heterocycles. The summed E-state index contributed by atoms with van der Waals surface area (Å²) in [6.07, 6.45) is -1.28. The first-order chi connectivity index (χ1) is 7.35. The normalized spacial score (nSPS) is 13.1. The Balaban J connectivity index is 4.03. The Morgan fingerprint density at radius 1 is 1.44 bits per heavy atom. The lowest BCUT2D eigenvalue weighted by molar-refractivity contribution is -0.137. The van der Waals surface area contributed by atoms with Crippen LogP contribution in [0.5, 0.6) is 0 Å². The third kappa shape index (κ3) is 4.56. The molecule has 0 rings (SSSR count). The first-order valence-electron chi connectivity index (χ1n) is 4.91. The Morgan fingerprint density at radius 3 is 2.44 bits per heavy atom. The number of nitrogens with two attached hydrogens (primary N) is 1. The molecule has 0 saturated heterocycles. The van der Waals surface area contributed by atoms with Crippen LogP contribution in [0.2, 0.25) is 0 Å². The molecule has 0 saturated carbocycles. The van der Waals surface area contributed by atoms with E-state index in [2.05, 4.69) is 5.32 Å². The topological polar surface area (TPSA) is 125 Å². The van der Waals surface area contributed by atoms with Gasteiger partial charge in [0.05, 0.1) is 6.61 Å². The maximum atomic E-state index is 11.4. The molecule has 0 aromatic heterocycles. The molecule has 0 unspecified atom stereocenters. The molecule has 16 heavy (non-hydrogen) atoms. The zero-order valence-electron chi connectivity index (χ0n) is 9.49. The molecule has 7 nitrogen and oxygen atoms in total. The number of hydrazine groups is 1. The summed E-state index contributed by atoms with van der Waals surface area (Å²) >= 11 is 0. The van der Waals surface area contributed by atoms with Gasteiger partial charge in [0, 0.05) is 18.4 Å². The number of hydrogen-bond donors (Lipinski definition) is 5. The first-order valence-corrected chi connectivity index (χ1v) is 4.91. The summed E-state index contributed by atoms with van der Waals surface area (Å²) in [7, 11) is 0. The number of aliphatic hydroxyl groups excluding tert-OH is 2. The van der Waals surface area contributed by atoms with E-state index in [9.17, 15) is 14.7 Å². The van der Waals surface area contributed by atoms with Gasteiger partial charge in [-0.2, -0.15) is 0 Å². The molecule has 0 spiro atoms. The summed E-state index contributed by atoms with van der Waals surface area (Å²) < 4.78 is 0. The highest BCUT2D eigenvalue weighted by Gasteiger charge is 2.32. The maximum absolute atomic E-state index is 11.4. The molecule has 0 aliphatic heterocycles. The van der Waals surface area contributed by atoms with Crippen LogP contribution in [-0.4, -0.2) is 41.3 Å². The summed E-state index contributed by atoms with van der Waals surface area (Å²) in [5, 5.41) is 20.9. The third-order valence-electron chi connectivity index (χ3n) is 2.21. The SMILES string of the molecule is CC(C)(CO)[C@@H](O)C(=O)NCCC(=O)NN. The lowest BCUT2D eigenvalue weighted by atomic mass is 9.87. The first kappa shape index (κ1) is 14.8. The van der Waals surface area contributed by atoms with E-state index in [-0.39, 0.29) is 19.6 Å². The van der Waals surface area contributed by atoms with E-state index < -0.39 is 23.3 Å². The quantitative estimate of drug-likeness (QED) is 0.203. The molecular weight excluding hydrogens is 214 g/mol. The zero-order valence-corrected chi connectivity index (χ0v) is 9.49. The second-order valence-electron chi connectivity index (χ2n) is 4.16. The van der Waals surface area contributed by atoms with E-state index in [4.69, 9.17) is 10.9 Å². The minimum Gasteiger partial charge on any atom is -0.396 e. The van der Waals surface area contributed by atoms with Crippen LogP contribution < -0.4 is 16.6 Å². The van der Waals surface area contributed by atoms with Crippen LogP contribution in [0, 0.1) is 5.41 Å². The number of amides is 2. The van der Waals surface area contributed by atoms with E-state index in [1.807, 2.05) is 5.43 Å². The molecule has 0 bridgehead atoms. The fourth-order valence-corrected chi connectivity index (χ4v) is 0.909. The number of hydrogen-bond acceptors (Lipinski definition) is 5. The van der Waals surface area contributed by atoms with Gasteiger partial charge < -0.3 is 15.5 Å². The van der Waals surface area contributed by atoms with Crippen molar-refractivity contribution in [3.8, 4) is 0 Å². The monoisotopic (exact) mass is 233 g/mol. The van der Waals surface area contributed by atoms with Crippen molar-refractivity contribution in [3.05, 3.63) is 0 Å². The van der Waals surface area contributed by atoms with Crippen molar-refractivity contribution in [1.29, 1.82) is 0 Å². The Morgan fingerprint density at radius 2 is 2.00 bits per heavy atom. The minimum atomic E-state index is -1.32. The van der Waals surface area contributed by atoms with Crippen LogP contribution in [-0.2, 0) is 9.59 Å². The van der Waals surface area contributed by atoms with E-state index in [1.54, 1.807) is 13.8 Å². The smallest absolute Gasteiger partial charge is 0.249 e. The fourth-order valence-electron chi connectivity index (χ4n) is 0.909. The molecule has 0 radical (unpaired) electrons. The Labute approximate surface area is 94.0 Å². The number of carbonyl (C=O) groups excluding carboxylic acids is 2. The summed E-state index contributed by atoms with van der Waals surface area (Å²) in [5.41, 5.74) is 1.00. The molecule has 0 aromatic rings. The van der Waals surface area contributed by atoms with Gasteiger partial charge in [0.2, 0.25) is 11.8 Å². The van der Waals surface area contributed by atoms with Gasteiger partial charge in [-0.25, -0.2) is 5.84 Å². The van der Waals surface area contributed by atoms with Crippen molar-refractivity contribution in [3.63, 3.8) is 0 Å². The zero-order chi connectivity index (χ0) is 12.8. The Bertz CT molecular complexity index is 255. The molecule has 6 N–H and O–H groups in total. The number of aliphatic hydroxyl groups is 2. The van der Waals surface area contributed by atoms with Crippen molar-refractivity contribution in [2.24, 2.45) is 11.3 Å². The number of carbonyl (C=O) groups is 2. The van der Waals surface area contributed by atoms with Crippen molar-refractivity contribution >= 4 is 11.8 Å². The third-order valence-corrected chi connectivity index (χ3v) is 2.21. The van der Waals surface area contributed by atoms with Gasteiger partial charge in [-0.05, 0) is 0 Å². The van der Waals surface area contributed by atoms with E-state index in [1.165, 1.54) is 0 Å². The van der Waals surface area contributed by atoms with Gasteiger partial charge >= 0.3 is 0 Å². The van der Waals surface area contributed by atoms with Crippen LogP contribution in [0.25, 0.3) is 0 Å². The second-order valence-corrected chi connectivity index (χ2v) is 4.16. The van der Waals surface area contributed by atoms with Crippen molar-refractivity contribution in [1.82, 2.24) is 10.7 Å². The summed E-state index contributed by atoms with van der Waals surface area (Å²) in [6.45, 7) is 2.89. The van der Waals surface area contributed by atoms with Crippen LogP contribution in [0.4, 0.5) is 0 Å². The molecule has 0 aliphatic rings. The lowest BCUT2D eigenvalue weighted by Crippen LogP contribution is -2.46. The van der Waals surface area contributed by atoms with Gasteiger partial charge in [0.15, 0.2) is 0 Å². The summed E-state index contributed by atoms with van der Waals surface area (Å²) in [6, 6.07) is 0. The molecule has 2 amide bonds. The minimum absolute atomic E-state index is 0.0362. The van der Waals surface area contributed by atoms with E-state index in [0.717, 1.165) is 0 Å². The van der Waals surface area contributed by atoms with Crippen LogP contribution in [0.15, 0.2) is 0 Å². The lowest BCUT2D eigenvalue weighted by Gasteiger charge is -2.27. The standard InChI is InChI=1S/C9H19N3O4/c1-9(2,5-13)7(15)8(16)11-4-3-6(14)12-10/h7,13,15H,3-5,10H2,1-2H3,(H,11,16)(H,12,14)/t7-/m0/s1. The van der Waals surface area contributed by atoms with Crippen LogP contribution in [0.3, 0.4) is 0 Å². The van der Waals surface area contributed by atoms with E-state index in [0.29, 0.717) is 0 Å². The molecule has 0 aliphatic carbocycles. The van der Waals surface area contributed by atoms with Crippen molar-refractivity contribution < 1.29 is 19.8 Å². The molecule has 1 atom stereocenters. The highest BCUT2D eigenvalue weighted by atomic mass is 16.3. The van der Waals surface area contributed by atoms with Gasteiger partial charge in [0.25, 0.3) is 0 Å². The maximum Gasteiger partial charge on any atom is 0.249 e. The van der Waals surface area contributed by atoms with Gasteiger partial charge in [-0.1, -0.05) is 13.8 Å². The summed E-state index contributed by atoms with van der Waals surface area (Å²) in [4.78, 5) is 22.1. The summed E-state index contributed by atoms with van der Waals surface area (Å²) in [5.74, 6) is 3.82. The van der Waals surface area contributed by atoms with Crippen molar-refractivity contribution in [2.45, 2.75) is 26.4 Å². The molecule has 0 fully saturated rings. The second kappa shape index (κ2) is 6.41. The highest BCUT2D eigenvalue weighted by molar-refractivity contribution is 5.82. The predicted molar refractivity (Wildman–Crippen MR) is 56.8 cm³/mol. The molecule has 94 valence electrons. The predicted octanol–water partition coefficient (Wildman–Crippen LogP) is -2.14. The number of rotatable bonds is 6. The van der Waals surface area contributed by atoms with E-state index >= 15 is 0 Å². The van der Waals surface area contributed by atoms with Crippen molar-refractivity contribution in [2.75, 3.05) is 13.2 Å². The number of nitrogens with one attached hydrogen (secondary N) is 2. The average Bonchev–Trinajstić information content (AvgIpc) is 2.27. The van der Waals surface area contributed by atoms with Crippen LogP contribution >= 0.6 is 0 Å². The van der Waals surface area contributed by atoms with Crippen LogP contribution in [0.1, 0.15) is 20.3 Å². The Kier molecular flexibility index (Phi) is 5.94.